The van der Waals surface area contributed by atoms with E-state index in [1.54, 1.807) is 19.2 Å². The number of aromatic nitrogens is 3. The second-order valence-electron chi connectivity index (χ2n) is 6.33. The molecule has 1 aromatic heterocycles. The van der Waals surface area contributed by atoms with E-state index in [-0.39, 0.29) is 5.82 Å². The first-order valence-corrected chi connectivity index (χ1v) is 9.50. The minimum absolute atomic E-state index is 0.224. The molecule has 3 N–H and O–H groups in total. The average molecular weight is 396 g/mol. The summed E-state index contributed by atoms with van der Waals surface area (Å²) in [5.41, 5.74) is 1.97. The Balaban J connectivity index is 1.56. The lowest BCUT2D eigenvalue weighted by molar-refractivity contribution is 0.415. The maximum Gasteiger partial charge on any atom is 0.191 e. The van der Waals surface area contributed by atoms with Crippen LogP contribution in [0.25, 0.3) is 11.4 Å². The highest BCUT2D eigenvalue weighted by atomic mass is 19.1. The number of hydrogen-bond acceptors (Lipinski definition) is 4. The Kier molecular flexibility index (Phi) is 7.16. The van der Waals surface area contributed by atoms with Gasteiger partial charge in [0.1, 0.15) is 23.9 Å². The summed E-state index contributed by atoms with van der Waals surface area (Å²) in [6.07, 6.45) is 0.772. The molecule has 1 heterocycles. The van der Waals surface area contributed by atoms with Gasteiger partial charge in [-0.2, -0.15) is 5.10 Å². The number of ether oxygens (including phenoxy) is 1. The fraction of sp³-hybridized carbons (Fsp3) is 0.286. The highest BCUT2D eigenvalue weighted by molar-refractivity contribution is 5.79. The van der Waals surface area contributed by atoms with Crippen molar-refractivity contribution in [2.75, 3.05) is 20.2 Å². The summed E-state index contributed by atoms with van der Waals surface area (Å²) in [7, 11) is 1.63. The number of aliphatic imine (C=N–C) groups is 1. The van der Waals surface area contributed by atoms with E-state index < -0.39 is 0 Å². The van der Waals surface area contributed by atoms with Crippen molar-refractivity contribution in [1.82, 2.24) is 25.8 Å². The molecule has 152 valence electrons. The molecule has 0 spiro atoms. The van der Waals surface area contributed by atoms with Gasteiger partial charge in [-0.3, -0.25) is 5.10 Å². The summed E-state index contributed by atoms with van der Waals surface area (Å²) < 4.78 is 18.1. The Labute approximate surface area is 169 Å². The molecule has 2 aromatic carbocycles. The molecule has 29 heavy (non-hydrogen) atoms. The third-order valence-corrected chi connectivity index (χ3v) is 4.23. The molecule has 3 aromatic rings. The zero-order valence-electron chi connectivity index (χ0n) is 16.6. The highest BCUT2D eigenvalue weighted by Crippen LogP contribution is 2.19. The fourth-order valence-corrected chi connectivity index (χ4v) is 2.71. The van der Waals surface area contributed by atoms with Crippen LogP contribution in [0.4, 0.5) is 4.39 Å². The molecule has 0 radical (unpaired) electrons. The van der Waals surface area contributed by atoms with E-state index in [0.717, 1.165) is 29.8 Å². The number of benzene rings is 2. The lowest BCUT2D eigenvalue weighted by Gasteiger charge is -2.11. The number of halogens is 1. The molecule has 0 unspecified atom stereocenters. The van der Waals surface area contributed by atoms with Crippen molar-refractivity contribution in [3.05, 3.63) is 65.7 Å². The lowest BCUT2D eigenvalue weighted by Crippen LogP contribution is -2.38. The van der Waals surface area contributed by atoms with Crippen molar-refractivity contribution >= 4 is 5.96 Å². The topological polar surface area (TPSA) is 87.2 Å². The Morgan fingerprint density at radius 1 is 1.10 bits per heavy atom. The van der Waals surface area contributed by atoms with Gasteiger partial charge in [0.15, 0.2) is 11.8 Å². The van der Waals surface area contributed by atoms with Crippen molar-refractivity contribution in [1.29, 1.82) is 0 Å². The first kappa shape index (κ1) is 20.3. The van der Waals surface area contributed by atoms with E-state index >= 15 is 0 Å². The minimum Gasteiger partial charge on any atom is -0.497 e. The lowest BCUT2D eigenvalue weighted by atomic mass is 10.1. The van der Waals surface area contributed by atoms with E-state index in [1.807, 2.05) is 31.2 Å². The van der Waals surface area contributed by atoms with Crippen LogP contribution in [0.15, 0.2) is 53.5 Å². The summed E-state index contributed by atoms with van der Waals surface area (Å²) in [5, 5.41) is 13.7. The van der Waals surface area contributed by atoms with Gasteiger partial charge in [-0.25, -0.2) is 14.4 Å². The van der Waals surface area contributed by atoms with Gasteiger partial charge in [0.2, 0.25) is 0 Å². The molecular weight excluding hydrogens is 371 g/mol. The van der Waals surface area contributed by atoms with Gasteiger partial charge in [0.05, 0.1) is 7.11 Å². The summed E-state index contributed by atoms with van der Waals surface area (Å²) in [6, 6.07) is 14.1. The normalized spacial score (nSPS) is 11.3. The molecule has 0 atom stereocenters. The maximum absolute atomic E-state index is 13.0. The predicted octanol–water partition coefficient (Wildman–Crippen LogP) is 2.92. The SMILES string of the molecule is CCNC(=NCc1nc(-c2ccc(OC)cc2)n[nH]1)NCCc1ccc(F)cc1. The van der Waals surface area contributed by atoms with E-state index in [0.29, 0.717) is 30.7 Å². The van der Waals surface area contributed by atoms with Crippen LogP contribution < -0.4 is 15.4 Å². The predicted molar refractivity (Wildman–Crippen MR) is 111 cm³/mol. The van der Waals surface area contributed by atoms with Crippen LogP contribution >= 0.6 is 0 Å². The van der Waals surface area contributed by atoms with E-state index in [1.165, 1.54) is 12.1 Å². The van der Waals surface area contributed by atoms with Crippen LogP contribution in [0.1, 0.15) is 18.3 Å². The second-order valence-corrected chi connectivity index (χ2v) is 6.33. The number of rotatable bonds is 8. The Morgan fingerprint density at radius 2 is 1.86 bits per heavy atom. The van der Waals surface area contributed by atoms with Gasteiger partial charge < -0.3 is 15.4 Å². The quantitative estimate of drug-likeness (QED) is 0.403. The smallest absolute Gasteiger partial charge is 0.191 e. The minimum atomic E-state index is -0.224. The molecule has 0 amide bonds. The van der Waals surface area contributed by atoms with Gasteiger partial charge in [-0.15, -0.1) is 0 Å². The number of guanidine groups is 1. The summed E-state index contributed by atoms with van der Waals surface area (Å²) in [6.45, 7) is 3.81. The molecule has 7 nitrogen and oxygen atoms in total. The van der Waals surface area contributed by atoms with Crippen molar-refractivity contribution in [3.63, 3.8) is 0 Å². The number of aromatic amines is 1. The second kappa shape index (κ2) is 10.2. The zero-order valence-corrected chi connectivity index (χ0v) is 16.6. The van der Waals surface area contributed by atoms with Crippen molar-refractivity contribution in [3.8, 4) is 17.1 Å². The van der Waals surface area contributed by atoms with Crippen LogP contribution in [0, 0.1) is 5.82 Å². The van der Waals surface area contributed by atoms with E-state index in [4.69, 9.17) is 4.74 Å². The molecule has 0 aliphatic rings. The number of methoxy groups -OCH3 is 1. The van der Waals surface area contributed by atoms with Crippen molar-refractivity contribution in [2.24, 2.45) is 4.99 Å². The molecule has 0 aliphatic heterocycles. The van der Waals surface area contributed by atoms with Crippen LogP contribution in [0.2, 0.25) is 0 Å². The monoisotopic (exact) mass is 396 g/mol. The molecule has 3 rings (SSSR count). The van der Waals surface area contributed by atoms with Crippen LogP contribution in [0.5, 0.6) is 5.75 Å². The van der Waals surface area contributed by atoms with Gasteiger partial charge >= 0.3 is 0 Å². The fourth-order valence-electron chi connectivity index (χ4n) is 2.71. The Morgan fingerprint density at radius 3 is 2.55 bits per heavy atom. The van der Waals surface area contributed by atoms with Gasteiger partial charge in [-0.05, 0) is 55.3 Å². The van der Waals surface area contributed by atoms with Crippen molar-refractivity contribution in [2.45, 2.75) is 19.9 Å². The highest BCUT2D eigenvalue weighted by Gasteiger charge is 2.06. The molecule has 0 saturated heterocycles. The number of nitrogens with one attached hydrogen (secondary N) is 3. The first-order chi connectivity index (χ1) is 14.2. The van der Waals surface area contributed by atoms with Crippen molar-refractivity contribution < 1.29 is 9.13 Å². The van der Waals surface area contributed by atoms with Gasteiger partial charge in [-0.1, -0.05) is 12.1 Å². The number of H-pyrrole nitrogens is 1. The maximum atomic E-state index is 13.0. The van der Waals surface area contributed by atoms with E-state index in [9.17, 15) is 4.39 Å². The summed E-state index contributed by atoms with van der Waals surface area (Å²) >= 11 is 0. The third-order valence-electron chi connectivity index (χ3n) is 4.23. The largest absolute Gasteiger partial charge is 0.497 e. The Hall–Kier alpha value is -3.42. The molecular formula is C21H25FN6O. The standard InChI is InChI=1S/C21H25FN6O/c1-3-23-21(24-13-12-15-4-8-17(22)9-5-15)25-14-19-26-20(28-27-19)16-6-10-18(29-2)11-7-16/h4-11H,3,12-14H2,1-2H3,(H2,23,24,25)(H,26,27,28). The first-order valence-electron chi connectivity index (χ1n) is 9.50. The number of hydrogen-bond donors (Lipinski definition) is 3. The van der Waals surface area contributed by atoms with Gasteiger partial charge in [0.25, 0.3) is 0 Å². The molecule has 8 heteroatoms. The number of nitrogens with zero attached hydrogens (tertiary/aromatic N) is 3. The van der Waals surface area contributed by atoms with Crippen LogP contribution in [0.3, 0.4) is 0 Å². The van der Waals surface area contributed by atoms with E-state index in [2.05, 4.69) is 30.8 Å². The zero-order chi connectivity index (χ0) is 20.5. The Bertz CT molecular complexity index is 921. The third kappa shape index (κ3) is 6.03. The van der Waals surface area contributed by atoms with Gasteiger partial charge in [0, 0.05) is 18.7 Å². The molecule has 0 saturated carbocycles. The van der Waals surface area contributed by atoms with Crippen LogP contribution in [-0.4, -0.2) is 41.3 Å². The molecule has 0 aliphatic carbocycles. The average Bonchev–Trinajstić information content (AvgIpc) is 3.22. The van der Waals surface area contributed by atoms with Crippen LogP contribution in [-0.2, 0) is 13.0 Å². The summed E-state index contributed by atoms with van der Waals surface area (Å²) in [4.78, 5) is 9.04. The summed E-state index contributed by atoms with van der Waals surface area (Å²) in [5.74, 6) is 2.55. The molecule has 0 fully saturated rings. The molecule has 0 bridgehead atoms.